The highest BCUT2D eigenvalue weighted by Crippen LogP contribution is 2.27. The molecule has 1 nitrogen and oxygen atoms in total. The lowest BCUT2D eigenvalue weighted by molar-refractivity contribution is 0.878. The Balaban J connectivity index is 2.73. The van der Waals surface area contributed by atoms with Crippen LogP contribution in [-0.4, -0.2) is 4.98 Å². The molecule has 0 aliphatic heterocycles. The zero-order valence-corrected chi connectivity index (χ0v) is 8.06. The first-order valence-corrected chi connectivity index (χ1v) is 4.99. The smallest absolute Gasteiger partial charge is 0.0814 e. The van der Waals surface area contributed by atoms with Crippen LogP contribution in [0.4, 0.5) is 0 Å². The molecule has 0 spiro atoms. The minimum absolute atomic E-state index is 0.592. The Hall–Kier alpha value is -0.890. The van der Waals surface area contributed by atoms with Gasteiger partial charge in [-0.1, -0.05) is 26.0 Å². The molecule has 0 unspecified atom stereocenters. The predicted octanol–water partition coefficient (Wildman–Crippen LogP) is 3.42. The van der Waals surface area contributed by atoms with Crippen LogP contribution >= 0.6 is 11.3 Å². The fourth-order valence-corrected chi connectivity index (χ4v) is 2.32. The predicted molar refractivity (Wildman–Crippen MR) is 53.7 cm³/mol. The molecule has 0 amide bonds. The number of rotatable bonds is 1. The van der Waals surface area contributed by atoms with Crippen LogP contribution in [-0.2, 0) is 0 Å². The second-order valence-electron chi connectivity index (χ2n) is 3.20. The summed E-state index contributed by atoms with van der Waals surface area (Å²) in [6, 6.07) is 6.33. The quantitative estimate of drug-likeness (QED) is 0.650. The summed E-state index contributed by atoms with van der Waals surface area (Å²) in [5, 5.41) is 0. The van der Waals surface area contributed by atoms with Gasteiger partial charge in [0, 0.05) is 0 Å². The van der Waals surface area contributed by atoms with E-state index in [2.05, 4.69) is 37.0 Å². The first kappa shape index (κ1) is 7.74. The Kier molecular flexibility index (Phi) is 1.85. The van der Waals surface area contributed by atoms with E-state index in [1.807, 2.05) is 5.51 Å². The molecule has 2 aromatic rings. The van der Waals surface area contributed by atoms with E-state index in [0.29, 0.717) is 5.92 Å². The molecule has 62 valence electrons. The Morgan fingerprint density at radius 2 is 2.17 bits per heavy atom. The van der Waals surface area contributed by atoms with Crippen molar-refractivity contribution < 1.29 is 0 Å². The van der Waals surface area contributed by atoms with Gasteiger partial charge in [-0.05, 0) is 17.5 Å². The van der Waals surface area contributed by atoms with E-state index in [1.54, 1.807) is 11.3 Å². The van der Waals surface area contributed by atoms with Gasteiger partial charge in [0.05, 0.1) is 15.7 Å². The average molecular weight is 177 g/mol. The summed E-state index contributed by atoms with van der Waals surface area (Å²) in [5.41, 5.74) is 4.46. The van der Waals surface area contributed by atoms with Crippen molar-refractivity contribution in [2.24, 2.45) is 0 Å². The number of hydrogen-bond donors (Lipinski definition) is 0. The first-order valence-electron chi connectivity index (χ1n) is 4.11. The van der Waals surface area contributed by atoms with Gasteiger partial charge in [-0.15, -0.1) is 11.3 Å². The lowest BCUT2D eigenvalue weighted by Crippen LogP contribution is -1.85. The third-order valence-corrected chi connectivity index (χ3v) is 2.90. The van der Waals surface area contributed by atoms with Crippen molar-refractivity contribution in [1.29, 1.82) is 0 Å². The zero-order valence-electron chi connectivity index (χ0n) is 7.24. The molecule has 0 fully saturated rings. The number of hydrogen-bond acceptors (Lipinski definition) is 2. The topological polar surface area (TPSA) is 12.9 Å². The second-order valence-corrected chi connectivity index (χ2v) is 4.06. The largest absolute Gasteiger partial charge is 0.245 e. The first-order chi connectivity index (χ1) is 5.79. The Morgan fingerprint density at radius 1 is 1.33 bits per heavy atom. The van der Waals surface area contributed by atoms with Gasteiger partial charge < -0.3 is 0 Å². The van der Waals surface area contributed by atoms with Gasteiger partial charge in [-0.3, -0.25) is 0 Å². The molecule has 1 heterocycles. The zero-order chi connectivity index (χ0) is 8.55. The van der Waals surface area contributed by atoms with E-state index in [9.17, 15) is 0 Å². The van der Waals surface area contributed by atoms with Crippen LogP contribution in [0.5, 0.6) is 0 Å². The highest BCUT2D eigenvalue weighted by molar-refractivity contribution is 7.16. The van der Waals surface area contributed by atoms with Crippen LogP contribution in [0.25, 0.3) is 10.2 Å². The van der Waals surface area contributed by atoms with Crippen LogP contribution in [0.2, 0.25) is 0 Å². The van der Waals surface area contributed by atoms with Crippen molar-refractivity contribution in [2.45, 2.75) is 19.8 Å². The number of nitrogens with zero attached hydrogens (tertiary/aromatic N) is 1. The average Bonchev–Trinajstić information content (AvgIpc) is 2.49. The van der Waals surface area contributed by atoms with Gasteiger partial charge in [0.2, 0.25) is 0 Å². The lowest BCUT2D eigenvalue weighted by atomic mass is 10.0. The summed E-state index contributed by atoms with van der Waals surface area (Å²) in [4.78, 5) is 4.28. The van der Waals surface area contributed by atoms with Crippen LogP contribution in [0, 0.1) is 0 Å². The molecule has 2 rings (SSSR count). The minimum Gasteiger partial charge on any atom is -0.245 e. The highest BCUT2D eigenvalue weighted by atomic mass is 32.1. The van der Waals surface area contributed by atoms with E-state index in [-0.39, 0.29) is 0 Å². The van der Waals surface area contributed by atoms with Gasteiger partial charge in [0.25, 0.3) is 0 Å². The van der Waals surface area contributed by atoms with Crippen LogP contribution in [0.3, 0.4) is 0 Å². The standard InChI is InChI=1S/C10H11NS/c1-7(2)8-4-3-5-9-10(8)12-6-11-9/h3-7H,1-2H3. The third-order valence-electron chi connectivity index (χ3n) is 2.01. The van der Waals surface area contributed by atoms with Gasteiger partial charge in [-0.2, -0.15) is 0 Å². The Morgan fingerprint density at radius 3 is 2.92 bits per heavy atom. The molecule has 1 aromatic heterocycles. The third kappa shape index (κ3) is 1.12. The van der Waals surface area contributed by atoms with E-state index >= 15 is 0 Å². The van der Waals surface area contributed by atoms with Gasteiger partial charge in [-0.25, -0.2) is 4.98 Å². The fraction of sp³-hybridized carbons (Fsp3) is 0.300. The summed E-state index contributed by atoms with van der Waals surface area (Å²) < 4.78 is 1.34. The molecule has 2 heteroatoms. The SMILES string of the molecule is CC(C)c1cccc2ncsc12. The van der Waals surface area contributed by atoms with Gasteiger partial charge >= 0.3 is 0 Å². The van der Waals surface area contributed by atoms with Crippen LogP contribution < -0.4 is 0 Å². The molecule has 0 bridgehead atoms. The van der Waals surface area contributed by atoms with Crippen molar-refractivity contribution >= 4 is 21.6 Å². The van der Waals surface area contributed by atoms with Crippen LogP contribution in [0.15, 0.2) is 23.7 Å². The molecule has 0 atom stereocenters. The van der Waals surface area contributed by atoms with Gasteiger partial charge in [0.15, 0.2) is 0 Å². The molecule has 1 aromatic carbocycles. The number of thiazole rings is 1. The molecule has 0 N–H and O–H groups in total. The van der Waals surface area contributed by atoms with E-state index in [0.717, 1.165) is 5.52 Å². The van der Waals surface area contributed by atoms with Crippen molar-refractivity contribution in [3.63, 3.8) is 0 Å². The van der Waals surface area contributed by atoms with E-state index in [4.69, 9.17) is 0 Å². The molecule has 0 aliphatic rings. The maximum atomic E-state index is 4.28. The molecule has 0 saturated heterocycles. The molecule has 12 heavy (non-hydrogen) atoms. The lowest BCUT2D eigenvalue weighted by Gasteiger charge is -2.04. The summed E-state index contributed by atoms with van der Waals surface area (Å²) in [6.45, 7) is 4.43. The maximum Gasteiger partial charge on any atom is 0.0814 e. The summed E-state index contributed by atoms with van der Waals surface area (Å²) in [7, 11) is 0. The number of benzene rings is 1. The monoisotopic (exact) mass is 177 g/mol. The molecular weight excluding hydrogens is 166 g/mol. The van der Waals surface area contributed by atoms with Crippen molar-refractivity contribution in [3.8, 4) is 0 Å². The van der Waals surface area contributed by atoms with Crippen LogP contribution in [0.1, 0.15) is 25.3 Å². The normalized spacial score (nSPS) is 11.2. The Labute approximate surface area is 76.1 Å². The summed E-state index contributed by atoms with van der Waals surface area (Å²) >= 11 is 1.73. The van der Waals surface area contributed by atoms with E-state index < -0.39 is 0 Å². The number of aromatic nitrogens is 1. The van der Waals surface area contributed by atoms with Gasteiger partial charge in [0.1, 0.15) is 0 Å². The fourth-order valence-electron chi connectivity index (χ4n) is 1.36. The Bertz CT molecular complexity index is 389. The maximum absolute atomic E-state index is 4.28. The van der Waals surface area contributed by atoms with Crippen molar-refractivity contribution in [2.75, 3.05) is 0 Å². The molecule has 0 aliphatic carbocycles. The summed E-state index contributed by atoms with van der Waals surface area (Å²) in [5.74, 6) is 0.592. The molecule has 0 radical (unpaired) electrons. The molecular formula is C10H11NS. The van der Waals surface area contributed by atoms with E-state index in [1.165, 1.54) is 10.3 Å². The minimum atomic E-state index is 0.592. The highest BCUT2D eigenvalue weighted by Gasteiger charge is 2.05. The molecule has 0 saturated carbocycles. The second kappa shape index (κ2) is 2.87. The van der Waals surface area contributed by atoms with Crippen molar-refractivity contribution in [3.05, 3.63) is 29.3 Å². The summed E-state index contributed by atoms with van der Waals surface area (Å²) in [6.07, 6.45) is 0. The van der Waals surface area contributed by atoms with Crippen molar-refractivity contribution in [1.82, 2.24) is 4.98 Å². The number of fused-ring (bicyclic) bond motifs is 1.